The van der Waals surface area contributed by atoms with Crippen molar-refractivity contribution in [1.82, 2.24) is 5.32 Å². The first-order chi connectivity index (χ1) is 6.18. The molecular formula is C11H21NO. The van der Waals surface area contributed by atoms with E-state index in [1.807, 2.05) is 6.92 Å². The summed E-state index contributed by atoms with van der Waals surface area (Å²) in [6.45, 7) is 3.16. The highest BCUT2D eigenvalue weighted by Gasteiger charge is 2.41. The molecule has 2 heteroatoms. The van der Waals surface area contributed by atoms with Crippen molar-refractivity contribution in [2.75, 3.05) is 6.54 Å². The van der Waals surface area contributed by atoms with Crippen LogP contribution in [0.15, 0.2) is 0 Å². The van der Waals surface area contributed by atoms with Gasteiger partial charge in [0.1, 0.15) is 0 Å². The van der Waals surface area contributed by atoms with Crippen LogP contribution in [0.1, 0.15) is 45.4 Å². The molecule has 2 rings (SSSR count). The maximum Gasteiger partial charge on any atom is 0.0662 e. The summed E-state index contributed by atoms with van der Waals surface area (Å²) in [7, 11) is 0. The van der Waals surface area contributed by atoms with Crippen LogP contribution in [0.25, 0.3) is 0 Å². The van der Waals surface area contributed by atoms with Crippen LogP contribution in [0.2, 0.25) is 0 Å². The number of hydrogen-bond acceptors (Lipinski definition) is 2. The molecule has 1 saturated heterocycles. The molecule has 0 aromatic carbocycles. The van der Waals surface area contributed by atoms with Gasteiger partial charge in [-0.15, -0.1) is 0 Å². The Bertz CT molecular complexity index is 169. The van der Waals surface area contributed by atoms with E-state index in [1.165, 1.54) is 32.1 Å². The van der Waals surface area contributed by atoms with Gasteiger partial charge >= 0.3 is 0 Å². The largest absolute Gasteiger partial charge is 0.390 e. The van der Waals surface area contributed by atoms with Gasteiger partial charge in [0.15, 0.2) is 0 Å². The minimum absolute atomic E-state index is 0.394. The SMILES string of the molecule is CC(O)(CC1CCCCN1)C1CC1. The quantitative estimate of drug-likeness (QED) is 0.697. The molecule has 76 valence electrons. The van der Waals surface area contributed by atoms with Gasteiger partial charge < -0.3 is 10.4 Å². The molecule has 0 radical (unpaired) electrons. The molecule has 0 aromatic rings. The summed E-state index contributed by atoms with van der Waals surface area (Å²) >= 11 is 0. The summed E-state index contributed by atoms with van der Waals surface area (Å²) in [6, 6.07) is 0.573. The molecule has 0 amide bonds. The van der Waals surface area contributed by atoms with Crippen LogP contribution in [0.3, 0.4) is 0 Å². The molecular weight excluding hydrogens is 162 g/mol. The molecule has 0 spiro atoms. The molecule has 1 aliphatic carbocycles. The van der Waals surface area contributed by atoms with Crippen molar-refractivity contribution in [2.45, 2.75) is 57.1 Å². The van der Waals surface area contributed by atoms with Gasteiger partial charge in [0, 0.05) is 6.04 Å². The van der Waals surface area contributed by atoms with Crippen molar-refractivity contribution < 1.29 is 5.11 Å². The maximum atomic E-state index is 10.2. The van der Waals surface area contributed by atoms with E-state index in [4.69, 9.17) is 0 Å². The molecule has 2 fully saturated rings. The minimum Gasteiger partial charge on any atom is -0.390 e. The topological polar surface area (TPSA) is 32.3 Å². The third kappa shape index (κ3) is 2.44. The molecule has 2 atom stereocenters. The molecule has 13 heavy (non-hydrogen) atoms. The van der Waals surface area contributed by atoms with Gasteiger partial charge in [0.2, 0.25) is 0 Å². The lowest BCUT2D eigenvalue weighted by atomic mass is 9.88. The molecule has 0 aromatic heterocycles. The summed E-state index contributed by atoms with van der Waals surface area (Å²) in [5.41, 5.74) is -0.394. The van der Waals surface area contributed by atoms with Gasteiger partial charge in [-0.1, -0.05) is 6.42 Å². The Labute approximate surface area is 80.7 Å². The van der Waals surface area contributed by atoms with E-state index in [2.05, 4.69) is 5.32 Å². The zero-order chi connectivity index (χ0) is 9.31. The normalized spacial score (nSPS) is 34.2. The monoisotopic (exact) mass is 183 g/mol. The number of rotatable bonds is 3. The number of hydrogen-bond donors (Lipinski definition) is 2. The van der Waals surface area contributed by atoms with Crippen LogP contribution < -0.4 is 5.32 Å². The lowest BCUT2D eigenvalue weighted by Crippen LogP contribution is -2.41. The Morgan fingerprint density at radius 2 is 2.08 bits per heavy atom. The van der Waals surface area contributed by atoms with E-state index in [0.717, 1.165) is 13.0 Å². The molecule has 2 N–H and O–H groups in total. The van der Waals surface area contributed by atoms with E-state index in [-0.39, 0.29) is 0 Å². The summed E-state index contributed by atoms with van der Waals surface area (Å²) in [6.07, 6.45) is 7.32. The molecule has 2 nitrogen and oxygen atoms in total. The van der Waals surface area contributed by atoms with E-state index >= 15 is 0 Å². The standard InChI is InChI=1S/C11H21NO/c1-11(13,9-5-6-9)8-10-4-2-3-7-12-10/h9-10,12-13H,2-8H2,1H3. The fourth-order valence-electron chi connectivity index (χ4n) is 2.47. The highest BCUT2D eigenvalue weighted by atomic mass is 16.3. The molecule has 1 aliphatic heterocycles. The highest BCUT2D eigenvalue weighted by molar-refractivity contribution is 4.94. The Hall–Kier alpha value is -0.0800. The van der Waals surface area contributed by atoms with Crippen molar-refractivity contribution in [3.8, 4) is 0 Å². The lowest BCUT2D eigenvalue weighted by Gasteiger charge is -2.31. The van der Waals surface area contributed by atoms with Gasteiger partial charge in [-0.2, -0.15) is 0 Å². The Morgan fingerprint density at radius 3 is 2.62 bits per heavy atom. The molecule has 2 aliphatic rings. The number of aliphatic hydroxyl groups is 1. The Kier molecular flexibility index (Phi) is 2.61. The third-order valence-electron chi connectivity index (χ3n) is 3.53. The van der Waals surface area contributed by atoms with Gasteiger partial charge in [-0.05, 0) is 51.5 Å². The molecule has 0 bridgehead atoms. The summed E-state index contributed by atoms with van der Waals surface area (Å²) in [5, 5.41) is 13.7. The molecule has 1 heterocycles. The second-order valence-electron chi connectivity index (χ2n) is 4.98. The van der Waals surface area contributed by atoms with Crippen LogP contribution in [-0.4, -0.2) is 23.3 Å². The van der Waals surface area contributed by atoms with Gasteiger partial charge in [0.25, 0.3) is 0 Å². The predicted octanol–water partition coefficient (Wildman–Crippen LogP) is 1.68. The first-order valence-electron chi connectivity index (χ1n) is 5.64. The van der Waals surface area contributed by atoms with Crippen LogP contribution in [0.4, 0.5) is 0 Å². The fourth-order valence-corrected chi connectivity index (χ4v) is 2.47. The maximum absolute atomic E-state index is 10.2. The van der Waals surface area contributed by atoms with Crippen LogP contribution in [-0.2, 0) is 0 Å². The fraction of sp³-hybridized carbons (Fsp3) is 1.00. The zero-order valence-electron chi connectivity index (χ0n) is 8.55. The van der Waals surface area contributed by atoms with Crippen LogP contribution in [0, 0.1) is 5.92 Å². The second kappa shape index (κ2) is 3.58. The average Bonchev–Trinajstić information content (AvgIpc) is 2.87. The predicted molar refractivity (Wildman–Crippen MR) is 53.6 cm³/mol. The van der Waals surface area contributed by atoms with Gasteiger partial charge in [-0.3, -0.25) is 0 Å². The number of piperidine rings is 1. The van der Waals surface area contributed by atoms with Crippen molar-refractivity contribution in [3.63, 3.8) is 0 Å². The van der Waals surface area contributed by atoms with E-state index < -0.39 is 5.60 Å². The van der Waals surface area contributed by atoms with Crippen molar-refractivity contribution >= 4 is 0 Å². The second-order valence-corrected chi connectivity index (χ2v) is 4.98. The van der Waals surface area contributed by atoms with Gasteiger partial charge in [0.05, 0.1) is 5.60 Å². The zero-order valence-corrected chi connectivity index (χ0v) is 8.55. The Morgan fingerprint density at radius 1 is 1.31 bits per heavy atom. The average molecular weight is 183 g/mol. The summed E-state index contributed by atoms with van der Waals surface area (Å²) < 4.78 is 0. The lowest BCUT2D eigenvalue weighted by molar-refractivity contribution is 0.0153. The van der Waals surface area contributed by atoms with Crippen LogP contribution in [0.5, 0.6) is 0 Å². The Balaban J connectivity index is 1.80. The third-order valence-corrected chi connectivity index (χ3v) is 3.53. The van der Waals surface area contributed by atoms with E-state index in [1.54, 1.807) is 0 Å². The smallest absolute Gasteiger partial charge is 0.0662 e. The summed E-state index contributed by atoms with van der Waals surface area (Å²) in [5.74, 6) is 0.594. The van der Waals surface area contributed by atoms with E-state index in [0.29, 0.717) is 12.0 Å². The van der Waals surface area contributed by atoms with Crippen molar-refractivity contribution in [3.05, 3.63) is 0 Å². The summed E-state index contributed by atoms with van der Waals surface area (Å²) in [4.78, 5) is 0. The number of nitrogens with one attached hydrogen (secondary N) is 1. The van der Waals surface area contributed by atoms with Gasteiger partial charge in [-0.25, -0.2) is 0 Å². The first-order valence-corrected chi connectivity index (χ1v) is 5.64. The highest BCUT2D eigenvalue weighted by Crippen LogP contribution is 2.42. The van der Waals surface area contributed by atoms with Crippen molar-refractivity contribution in [2.24, 2.45) is 5.92 Å². The van der Waals surface area contributed by atoms with Crippen molar-refractivity contribution in [1.29, 1.82) is 0 Å². The molecule has 2 unspecified atom stereocenters. The first kappa shape index (κ1) is 9.47. The molecule has 1 saturated carbocycles. The van der Waals surface area contributed by atoms with E-state index in [9.17, 15) is 5.11 Å². The minimum atomic E-state index is -0.394. The van der Waals surface area contributed by atoms with Crippen LogP contribution >= 0.6 is 0 Å².